The van der Waals surface area contributed by atoms with Crippen LogP contribution in [0.25, 0.3) is 11.5 Å². The zero-order valence-electron chi connectivity index (χ0n) is 9.68. The second kappa shape index (κ2) is 4.37. The largest absolute Gasteiger partial charge is 0.420 e. The zero-order valence-corrected chi connectivity index (χ0v) is 9.68. The van der Waals surface area contributed by atoms with Gasteiger partial charge in [-0.3, -0.25) is 4.79 Å². The van der Waals surface area contributed by atoms with Crippen LogP contribution < -0.4 is 5.73 Å². The van der Waals surface area contributed by atoms with Gasteiger partial charge in [-0.15, -0.1) is 10.2 Å². The minimum absolute atomic E-state index is 0.196. The van der Waals surface area contributed by atoms with E-state index in [2.05, 4.69) is 10.2 Å². The number of nitrogens with zero attached hydrogens (tertiary/aromatic N) is 2. The Labute approximate surface area is 98.7 Å². The maximum Gasteiger partial charge on any atom is 0.248 e. The lowest BCUT2D eigenvalue weighted by Gasteiger charge is -1.97. The van der Waals surface area contributed by atoms with Crippen molar-refractivity contribution in [3.8, 4) is 11.5 Å². The van der Waals surface area contributed by atoms with Gasteiger partial charge in [0.25, 0.3) is 0 Å². The van der Waals surface area contributed by atoms with Gasteiger partial charge in [-0.25, -0.2) is 0 Å². The van der Waals surface area contributed by atoms with Crippen LogP contribution in [-0.2, 0) is 0 Å². The molecule has 0 fully saturated rings. The van der Waals surface area contributed by atoms with Crippen molar-refractivity contribution in [1.29, 1.82) is 0 Å². The van der Waals surface area contributed by atoms with Gasteiger partial charge in [0.1, 0.15) is 0 Å². The van der Waals surface area contributed by atoms with Crippen LogP contribution in [0.4, 0.5) is 0 Å². The molecule has 0 unspecified atom stereocenters. The average Bonchev–Trinajstić information content (AvgIpc) is 2.78. The van der Waals surface area contributed by atoms with Crippen molar-refractivity contribution in [3.63, 3.8) is 0 Å². The molecule has 17 heavy (non-hydrogen) atoms. The van der Waals surface area contributed by atoms with Crippen LogP contribution in [0.2, 0.25) is 0 Å². The molecule has 5 nitrogen and oxygen atoms in total. The number of rotatable bonds is 3. The lowest BCUT2D eigenvalue weighted by molar-refractivity contribution is 0.100. The summed E-state index contributed by atoms with van der Waals surface area (Å²) in [6, 6.07) is 6.74. The summed E-state index contributed by atoms with van der Waals surface area (Å²) in [7, 11) is 0. The second-order valence-corrected chi connectivity index (χ2v) is 4.04. The molecule has 88 valence electrons. The first kappa shape index (κ1) is 11.3. The van der Waals surface area contributed by atoms with Gasteiger partial charge in [0, 0.05) is 17.0 Å². The monoisotopic (exact) mass is 231 g/mol. The lowest BCUT2D eigenvalue weighted by Crippen LogP contribution is -2.10. The SMILES string of the molecule is CC(C)c1nnc(-c2ccc(C(N)=O)cc2)o1. The Hall–Kier alpha value is -2.17. The van der Waals surface area contributed by atoms with Crippen molar-refractivity contribution >= 4 is 5.91 Å². The number of carbonyl (C=O) groups is 1. The van der Waals surface area contributed by atoms with Gasteiger partial charge in [-0.1, -0.05) is 13.8 Å². The normalized spacial score (nSPS) is 10.8. The van der Waals surface area contributed by atoms with Crippen molar-refractivity contribution < 1.29 is 9.21 Å². The van der Waals surface area contributed by atoms with Crippen LogP contribution in [-0.4, -0.2) is 16.1 Å². The fourth-order valence-corrected chi connectivity index (χ4v) is 1.36. The van der Waals surface area contributed by atoms with Crippen molar-refractivity contribution in [3.05, 3.63) is 35.7 Å². The fraction of sp³-hybridized carbons (Fsp3) is 0.250. The van der Waals surface area contributed by atoms with E-state index in [1.165, 1.54) is 0 Å². The number of hydrogen-bond donors (Lipinski definition) is 1. The van der Waals surface area contributed by atoms with E-state index in [4.69, 9.17) is 10.2 Å². The average molecular weight is 231 g/mol. The highest BCUT2D eigenvalue weighted by Crippen LogP contribution is 2.21. The molecular weight excluding hydrogens is 218 g/mol. The van der Waals surface area contributed by atoms with Crippen molar-refractivity contribution in [2.24, 2.45) is 5.73 Å². The molecule has 1 aromatic heterocycles. The first-order valence-electron chi connectivity index (χ1n) is 5.31. The molecule has 0 aliphatic carbocycles. The summed E-state index contributed by atoms with van der Waals surface area (Å²) in [6.45, 7) is 3.96. The third kappa shape index (κ3) is 2.33. The Morgan fingerprint density at radius 2 is 1.88 bits per heavy atom. The van der Waals surface area contributed by atoms with Gasteiger partial charge in [0.05, 0.1) is 0 Å². The highest BCUT2D eigenvalue weighted by Gasteiger charge is 2.11. The van der Waals surface area contributed by atoms with Crippen LogP contribution in [0.3, 0.4) is 0 Å². The molecule has 1 heterocycles. The molecule has 2 N–H and O–H groups in total. The second-order valence-electron chi connectivity index (χ2n) is 4.04. The summed E-state index contributed by atoms with van der Waals surface area (Å²) < 4.78 is 5.49. The number of benzene rings is 1. The molecule has 1 amide bonds. The molecule has 0 spiro atoms. The van der Waals surface area contributed by atoms with Gasteiger partial charge < -0.3 is 10.2 Å². The molecule has 0 aliphatic rings. The highest BCUT2D eigenvalue weighted by atomic mass is 16.4. The van der Waals surface area contributed by atoms with Crippen LogP contribution in [0.5, 0.6) is 0 Å². The molecule has 0 bridgehead atoms. The third-order valence-corrected chi connectivity index (χ3v) is 2.35. The summed E-state index contributed by atoms with van der Waals surface area (Å²) in [5.74, 6) is 0.787. The van der Waals surface area contributed by atoms with Crippen LogP contribution in [0, 0.1) is 0 Å². The van der Waals surface area contributed by atoms with Gasteiger partial charge >= 0.3 is 0 Å². The number of carbonyl (C=O) groups excluding carboxylic acids is 1. The molecule has 2 aromatic rings. The lowest BCUT2D eigenvalue weighted by atomic mass is 10.1. The van der Waals surface area contributed by atoms with E-state index in [1.54, 1.807) is 24.3 Å². The van der Waals surface area contributed by atoms with E-state index in [0.717, 1.165) is 5.56 Å². The van der Waals surface area contributed by atoms with Gasteiger partial charge in [-0.2, -0.15) is 0 Å². The van der Waals surface area contributed by atoms with Crippen molar-refractivity contribution in [2.75, 3.05) is 0 Å². The summed E-state index contributed by atoms with van der Waals surface area (Å²) >= 11 is 0. The molecule has 0 atom stereocenters. The third-order valence-electron chi connectivity index (χ3n) is 2.35. The predicted molar refractivity (Wildman–Crippen MR) is 62.3 cm³/mol. The van der Waals surface area contributed by atoms with E-state index in [-0.39, 0.29) is 5.92 Å². The molecule has 0 saturated carbocycles. The van der Waals surface area contributed by atoms with Gasteiger partial charge in [-0.05, 0) is 24.3 Å². The van der Waals surface area contributed by atoms with Crippen LogP contribution >= 0.6 is 0 Å². The number of hydrogen-bond acceptors (Lipinski definition) is 4. The molecule has 5 heteroatoms. The molecule has 0 saturated heterocycles. The number of primary amides is 1. The Morgan fingerprint density at radius 1 is 1.24 bits per heavy atom. The Bertz CT molecular complexity index is 529. The Balaban J connectivity index is 2.30. The standard InChI is InChI=1S/C12H13N3O2/c1-7(2)11-14-15-12(17-11)9-5-3-8(4-6-9)10(13)16/h3-7H,1-2H3,(H2,13,16). The smallest absolute Gasteiger partial charge is 0.248 e. The number of amides is 1. The van der Waals surface area contributed by atoms with E-state index in [0.29, 0.717) is 17.3 Å². The first-order chi connectivity index (χ1) is 8.08. The summed E-state index contributed by atoms with van der Waals surface area (Å²) in [6.07, 6.45) is 0. The van der Waals surface area contributed by atoms with E-state index >= 15 is 0 Å². The van der Waals surface area contributed by atoms with E-state index in [1.807, 2.05) is 13.8 Å². The van der Waals surface area contributed by atoms with Crippen LogP contribution in [0.1, 0.15) is 36.0 Å². The quantitative estimate of drug-likeness (QED) is 0.875. The minimum atomic E-state index is -0.454. The van der Waals surface area contributed by atoms with Gasteiger partial charge in [0.15, 0.2) is 0 Å². The fourth-order valence-electron chi connectivity index (χ4n) is 1.36. The topological polar surface area (TPSA) is 82.0 Å². The minimum Gasteiger partial charge on any atom is -0.420 e. The number of aromatic nitrogens is 2. The van der Waals surface area contributed by atoms with E-state index < -0.39 is 5.91 Å². The highest BCUT2D eigenvalue weighted by molar-refractivity contribution is 5.93. The maximum absolute atomic E-state index is 10.9. The maximum atomic E-state index is 10.9. The first-order valence-corrected chi connectivity index (χ1v) is 5.31. The molecular formula is C12H13N3O2. The number of nitrogens with two attached hydrogens (primary N) is 1. The van der Waals surface area contributed by atoms with Crippen LogP contribution in [0.15, 0.2) is 28.7 Å². The van der Waals surface area contributed by atoms with Crippen molar-refractivity contribution in [2.45, 2.75) is 19.8 Å². The summed E-state index contributed by atoms with van der Waals surface area (Å²) in [4.78, 5) is 10.9. The van der Waals surface area contributed by atoms with E-state index in [9.17, 15) is 4.79 Å². The molecule has 1 aromatic carbocycles. The summed E-state index contributed by atoms with van der Waals surface area (Å²) in [5, 5.41) is 7.89. The predicted octanol–water partition coefficient (Wildman–Crippen LogP) is 1.96. The van der Waals surface area contributed by atoms with Crippen molar-refractivity contribution in [1.82, 2.24) is 10.2 Å². The zero-order chi connectivity index (χ0) is 12.4. The molecule has 0 radical (unpaired) electrons. The molecule has 2 rings (SSSR count). The molecule has 0 aliphatic heterocycles. The van der Waals surface area contributed by atoms with Gasteiger partial charge in [0.2, 0.25) is 17.7 Å². The Kier molecular flexibility index (Phi) is 2.91. The summed E-state index contributed by atoms with van der Waals surface area (Å²) in [5.41, 5.74) is 6.38. The Morgan fingerprint density at radius 3 is 2.35 bits per heavy atom.